The number of aromatic amines is 1. The van der Waals surface area contributed by atoms with Crippen LogP contribution in [0.3, 0.4) is 0 Å². The predicted molar refractivity (Wildman–Crippen MR) is 101 cm³/mol. The number of nitrogens with one attached hydrogen (secondary N) is 3. The highest BCUT2D eigenvalue weighted by atomic mass is 19.1. The third-order valence-electron chi connectivity index (χ3n) is 4.02. The van der Waals surface area contributed by atoms with Crippen molar-refractivity contribution in [3.8, 4) is 11.1 Å². The molecule has 4 rings (SSSR count). The topological polar surface area (TPSA) is 69.8 Å². The zero-order valence-corrected chi connectivity index (χ0v) is 13.7. The van der Waals surface area contributed by atoms with Crippen molar-refractivity contribution in [1.29, 1.82) is 0 Å². The number of nitrogens with zero attached hydrogens (tertiary/aromatic N) is 1. The highest BCUT2D eigenvalue weighted by molar-refractivity contribution is 6.00. The number of H-pyrrole nitrogens is 1. The lowest BCUT2D eigenvalue weighted by Crippen LogP contribution is -2.19. The van der Waals surface area contributed by atoms with Gasteiger partial charge in [0.2, 0.25) is 0 Å². The lowest BCUT2D eigenvalue weighted by atomic mass is 10.0. The van der Waals surface area contributed by atoms with Crippen LogP contribution < -0.4 is 10.6 Å². The van der Waals surface area contributed by atoms with Crippen LogP contribution in [0.25, 0.3) is 22.2 Å². The fraction of sp³-hybridized carbons (Fsp3) is 0. The molecule has 26 heavy (non-hydrogen) atoms. The van der Waals surface area contributed by atoms with Crippen molar-refractivity contribution in [2.24, 2.45) is 0 Å². The molecular weight excluding hydrogens is 331 g/mol. The molecule has 3 N–H and O–H groups in total. The molecular formula is C20H15FN4O. The van der Waals surface area contributed by atoms with Crippen LogP contribution in [0.15, 0.2) is 73.1 Å². The summed E-state index contributed by atoms with van der Waals surface area (Å²) in [7, 11) is 0. The van der Waals surface area contributed by atoms with E-state index >= 15 is 0 Å². The summed E-state index contributed by atoms with van der Waals surface area (Å²) in [6, 6.07) is 16.7. The second-order valence-corrected chi connectivity index (χ2v) is 5.76. The smallest absolute Gasteiger partial charge is 0.323 e. The molecule has 0 spiro atoms. The molecule has 0 radical (unpaired) electrons. The van der Waals surface area contributed by atoms with Gasteiger partial charge in [0.1, 0.15) is 11.5 Å². The molecule has 0 fully saturated rings. The van der Waals surface area contributed by atoms with Gasteiger partial charge in [-0.25, -0.2) is 14.2 Å². The Bertz CT molecular complexity index is 1060. The average Bonchev–Trinajstić information content (AvgIpc) is 3.13. The van der Waals surface area contributed by atoms with Crippen LogP contribution in [0.2, 0.25) is 0 Å². The molecule has 0 unspecified atom stereocenters. The number of pyridine rings is 1. The van der Waals surface area contributed by atoms with E-state index < -0.39 is 0 Å². The SMILES string of the molecule is O=C(Nc1ccc(F)cc1)Nc1ccc(-c2ccnc3[nH]ccc23)cc1. The van der Waals surface area contributed by atoms with Gasteiger partial charge in [0.25, 0.3) is 0 Å². The molecule has 0 aliphatic rings. The number of urea groups is 1. The van der Waals surface area contributed by atoms with Gasteiger partial charge in [-0.1, -0.05) is 12.1 Å². The van der Waals surface area contributed by atoms with Crippen molar-refractivity contribution in [3.63, 3.8) is 0 Å². The van der Waals surface area contributed by atoms with Gasteiger partial charge in [0.15, 0.2) is 0 Å². The largest absolute Gasteiger partial charge is 0.346 e. The van der Waals surface area contributed by atoms with Crippen LogP contribution in [-0.2, 0) is 0 Å². The first kappa shape index (κ1) is 15.8. The number of halogens is 1. The number of anilines is 2. The summed E-state index contributed by atoms with van der Waals surface area (Å²) in [4.78, 5) is 19.4. The summed E-state index contributed by atoms with van der Waals surface area (Å²) in [5.41, 5.74) is 4.11. The molecule has 0 saturated heterocycles. The first-order valence-corrected chi connectivity index (χ1v) is 8.05. The first-order valence-electron chi connectivity index (χ1n) is 8.05. The summed E-state index contributed by atoms with van der Waals surface area (Å²) in [6.45, 7) is 0. The number of carbonyl (C=O) groups is 1. The maximum Gasteiger partial charge on any atom is 0.323 e. The Balaban J connectivity index is 1.48. The summed E-state index contributed by atoms with van der Waals surface area (Å²) < 4.78 is 12.9. The van der Waals surface area contributed by atoms with Crippen LogP contribution in [-0.4, -0.2) is 16.0 Å². The van der Waals surface area contributed by atoms with Gasteiger partial charge in [0, 0.05) is 29.2 Å². The highest BCUT2D eigenvalue weighted by Crippen LogP contribution is 2.27. The number of hydrogen-bond acceptors (Lipinski definition) is 2. The van der Waals surface area contributed by atoms with E-state index in [4.69, 9.17) is 0 Å². The van der Waals surface area contributed by atoms with Crippen molar-refractivity contribution in [1.82, 2.24) is 9.97 Å². The molecule has 6 heteroatoms. The van der Waals surface area contributed by atoms with Gasteiger partial charge in [-0.05, 0) is 59.7 Å². The number of carbonyl (C=O) groups excluding carboxylic acids is 1. The Labute approximate surface area is 148 Å². The lowest BCUT2D eigenvalue weighted by molar-refractivity contribution is 0.262. The Hall–Kier alpha value is -3.67. The van der Waals surface area contributed by atoms with Crippen molar-refractivity contribution >= 4 is 28.4 Å². The average molecular weight is 346 g/mol. The Morgan fingerprint density at radius 1 is 0.885 bits per heavy atom. The van der Waals surface area contributed by atoms with Crippen LogP contribution >= 0.6 is 0 Å². The lowest BCUT2D eigenvalue weighted by Gasteiger charge is -2.09. The summed E-state index contributed by atoms with van der Waals surface area (Å²) >= 11 is 0. The van der Waals surface area contributed by atoms with E-state index in [2.05, 4.69) is 20.6 Å². The fourth-order valence-electron chi connectivity index (χ4n) is 2.77. The van der Waals surface area contributed by atoms with E-state index in [0.29, 0.717) is 11.4 Å². The van der Waals surface area contributed by atoms with E-state index in [1.165, 1.54) is 24.3 Å². The van der Waals surface area contributed by atoms with Gasteiger partial charge >= 0.3 is 6.03 Å². The molecule has 0 aliphatic heterocycles. The summed E-state index contributed by atoms with van der Waals surface area (Å²) in [5.74, 6) is -0.348. The van der Waals surface area contributed by atoms with Gasteiger partial charge in [-0.15, -0.1) is 0 Å². The molecule has 4 aromatic rings. The van der Waals surface area contributed by atoms with Gasteiger partial charge in [-0.2, -0.15) is 0 Å². The number of rotatable bonds is 3. The van der Waals surface area contributed by atoms with Crippen LogP contribution in [0.1, 0.15) is 0 Å². The van der Waals surface area contributed by atoms with Crippen LogP contribution in [0.4, 0.5) is 20.6 Å². The Morgan fingerprint density at radius 3 is 2.23 bits per heavy atom. The molecule has 2 amide bonds. The number of fused-ring (bicyclic) bond motifs is 1. The quantitative estimate of drug-likeness (QED) is 0.488. The molecule has 2 aromatic heterocycles. The van der Waals surface area contributed by atoms with Crippen LogP contribution in [0.5, 0.6) is 0 Å². The van der Waals surface area contributed by atoms with E-state index in [-0.39, 0.29) is 11.8 Å². The standard InChI is InChI=1S/C20H15FN4O/c21-14-3-7-16(8-4-14)25-20(26)24-15-5-1-13(2-6-15)17-9-11-22-19-18(17)10-12-23-19/h1-12H,(H,22,23)(H2,24,25,26). The number of aromatic nitrogens is 2. The third-order valence-corrected chi connectivity index (χ3v) is 4.02. The van der Waals surface area contributed by atoms with Gasteiger partial charge in [0.05, 0.1) is 0 Å². The molecule has 128 valence electrons. The highest BCUT2D eigenvalue weighted by Gasteiger charge is 2.07. The maximum absolute atomic E-state index is 12.9. The Kier molecular flexibility index (Phi) is 4.07. The van der Waals surface area contributed by atoms with Crippen molar-refractivity contribution in [3.05, 3.63) is 78.9 Å². The van der Waals surface area contributed by atoms with Crippen molar-refractivity contribution in [2.45, 2.75) is 0 Å². The zero-order valence-electron chi connectivity index (χ0n) is 13.7. The minimum absolute atomic E-state index is 0.348. The molecule has 0 aliphatic carbocycles. The normalized spacial score (nSPS) is 10.7. The monoisotopic (exact) mass is 346 g/mol. The molecule has 0 bridgehead atoms. The van der Waals surface area contributed by atoms with Gasteiger partial charge in [-0.3, -0.25) is 0 Å². The molecule has 0 atom stereocenters. The third kappa shape index (κ3) is 3.25. The summed E-state index contributed by atoms with van der Waals surface area (Å²) in [6.07, 6.45) is 3.62. The van der Waals surface area contributed by atoms with Crippen molar-refractivity contribution in [2.75, 3.05) is 10.6 Å². The minimum Gasteiger partial charge on any atom is -0.346 e. The summed E-state index contributed by atoms with van der Waals surface area (Å²) in [5, 5.41) is 6.45. The zero-order chi connectivity index (χ0) is 17.9. The van der Waals surface area contributed by atoms with Gasteiger partial charge < -0.3 is 15.6 Å². The van der Waals surface area contributed by atoms with Crippen LogP contribution in [0, 0.1) is 5.82 Å². The number of hydrogen-bond donors (Lipinski definition) is 3. The first-order chi connectivity index (χ1) is 12.7. The minimum atomic E-state index is -0.388. The maximum atomic E-state index is 12.9. The fourth-order valence-corrected chi connectivity index (χ4v) is 2.77. The van der Waals surface area contributed by atoms with E-state index in [1.54, 1.807) is 6.20 Å². The molecule has 2 heterocycles. The second-order valence-electron chi connectivity index (χ2n) is 5.76. The number of benzene rings is 2. The Morgan fingerprint density at radius 2 is 1.54 bits per heavy atom. The predicted octanol–water partition coefficient (Wildman–Crippen LogP) is 5.01. The molecule has 2 aromatic carbocycles. The van der Waals surface area contributed by atoms with Crippen molar-refractivity contribution < 1.29 is 9.18 Å². The molecule has 0 saturated carbocycles. The van der Waals surface area contributed by atoms with E-state index in [1.807, 2.05) is 42.6 Å². The number of amides is 2. The van der Waals surface area contributed by atoms with E-state index in [0.717, 1.165) is 22.2 Å². The molecule has 5 nitrogen and oxygen atoms in total. The van der Waals surface area contributed by atoms with E-state index in [9.17, 15) is 9.18 Å². The second kappa shape index (κ2) is 6.68.